The standard InChI is InChI=1S/C23H27N3O4/c1-3-15-30-22-9-7-19(17-21(22)26(28)29)8-10-23(27)25-13-11-24(12-14-25)20-6-4-5-18(2)16-20/h4-10,16-17H,3,11-15H2,1-2H3/b10-8+. The van der Waals surface area contributed by atoms with Crippen LogP contribution in [0, 0.1) is 17.0 Å². The summed E-state index contributed by atoms with van der Waals surface area (Å²) in [6, 6.07) is 13.1. The quantitative estimate of drug-likeness (QED) is 0.392. The zero-order chi connectivity index (χ0) is 21.5. The van der Waals surface area contributed by atoms with Gasteiger partial charge in [-0.2, -0.15) is 0 Å². The molecule has 3 rings (SSSR count). The van der Waals surface area contributed by atoms with Crippen molar-refractivity contribution in [3.63, 3.8) is 0 Å². The van der Waals surface area contributed by atoms with Crippen LogP contribution >= 0.6 is 0 Å². The fourth-order valence-electron chi connectivity index (χ4n) is 3.40. The van der Waals surface area contributed by atoms with Crippen molar-refractivity contribution < 1.29 is 14.5 Å². The number of aryl methyl sites for hydroxylation is 1. The first kappa shape index (κ1) is 21.4. The van der Waals surface area contributed by atoms with E-state index in [0.717, 1.165) is 19.5 Å². The molecule has 0 spiro atoms. The number of anilines is 1. The Morgan fingerprint density at radius 3 is 2.60 bits per heavy atom. The number of nitro benzene ring substituents is 1. The van der Waals surface area contributed by atoms with Gasteiger partial charge in [0.2, 0.25) is 5.91 Å². The number of carbonyl (C=O) groups excluding carboxylic acids is 1. The van der Waals surface area contributed by atoms with Crippen LogP contribution in [0.4, 0.5) is 11.4 Å². The lowest BCUT2D eigenvalue weighted by molar-refractivity contribution is -0.385. The second-order valence-corrected chi connectivity index (χ2v) is 7.32. The van der Waals surface area contributed by atoms with E-state index < -0.39 is 4.92 Å². The summed E-state index contributed by atoms with van der Waals surface area (Å²) in [6.45, 7) is 7.26. The van der Waals surface area contributed by atoms with E-state index in [1.54, 1.807) is 23.1 Å². The van der Waals surface area contributed by atoms with Crippen molar-refractivity contribution in [2.45, 2.75) is 20.3 Å². The molecule has 0 radical (unpaired) electrons. The molecule has 1 aliphatic heterocycles. The highest BCUT2D eigenvalue weighted by atomic mass is 16.6. The minimum absolute atomic E-state index is 0.0899. The monoisotopic (exact) mass is 409 g/mol. The van der Waals surface area contributed by atoms with Crippen molar-refractivity contribution in [3.8, 4) is 5.75 Å². The van der Waals surface area contributed by atoms with Gasteiger partial charge in [0.1, 0.15) is 0 Å². The maximum Gasteiger partial charge on any atom is 0.311 e. The van der Waals surface area contributed by atoms with E-state index in [1.165, 1.54) is 23.4 Å². The SMILES string of the molecule is CCCOc1ccc(/C=C/C(=O)N2CCN(c3cccc(C)c3)CC2)cc1[N+](=O)[O-]. The van der Waals surface area contributed by atoms with Crippen molar-refractivity contribution in [3.05, 3.63) is 69.8 Å². The van der Waals surface area contributed by atoms with Gasteiger partial charge in [-0.15, -0.1) is 0 Å². The summed E-state index contributed by atoms with van der Waals surface area (Å²) in [7, 11) is 0. The molecule has 1 heterocycles. The third kappa shape index (κ3) is 5.37. The highest BCUT2D eigenvalue weighted by Crippen LogP contribution is 2.28. The number of rotatable bonds is 7. The van der Waals surface area contributed by atoms with Gasteiger partial charge in [0, 0.05) is 44.0 Å². The van der Waals surface area contributed by atoms with Gasteiger partial charge in [0.25, 0.3) is 0 Å². The summed E-state index contributed by atoms with van der Waals surface area (Å²) < 4.78 is 5.43. The smallest absolute Gasteiger partial charge is 0.311 e. The molecule has 0 unspecified atom stereocenters. The third-order valence-corrected chi connectivity index (χ3v) is 5.02. The van der Waals surface area contributed by atoms with E-state index in [2.05, 4.69) is 30.0 Å². The number of carbonyl (C=O) groups is 1. The fourth-order valence-corrected chi connectivity index (χ4v) is 3.40. The molecule has 0 aliphatic carbocycles. The normalized spacial score (nSPS) is 14.2. The van der Waals surface area contributed by atoms with E-state index in [0.29, 0.717) is 25.3 Å². The van der Waals surface area contributed by atoms with Crippen LogP contribution in [0.25, 0.3) is 6.08 Å². The Labute approximate surface area is 176 Å². The van der Waals surface area contributed by atoms with Gasteiger partial charge in [0.15, 0.2) is 5.75 Å². The molecule has 1 fully saturated rings. The lowest BCUT2D eigenvalue weighted by Crippen LogP contribution is -2.48. The van der Waals surface area contributed by atoms with Crippen LogP contribution in [0.3, 0.4) is 0 Å². The molecule has 30 heavy (non-hydrogen) atoms. The number of ether oxygens (including phenoxy) is 1. The molecular weight excluding hydrogens is 382 g/mol. The zero-order valence-electron chi connectivity index (χ0n) is 17.4. The summed E-state index contributed by atoms with van der Waals surface area (Å²) >= 11 is 0. The van der Waals surface area contributed by atoms with E-state index >= 15 is 0 Å². The number of amides is 1. The van der Waals surface area contributed by atoms with Gasteiger partial charge in [-0.3, -0.25) is 14.9 Å². The molecule has 1 amide bonds. The maximum atomic E-state index is 12.6. The molecule has 0 aromatic heterocycles. The highest BCUT2D eigenvalue weighted by molar-refractivity contribution is 5.92. The number of piperazine rings is 1. The lowest BCUT2D eigenvalue weighted by Gasteiger charge is -2.35. The van der Waals surface area contributed by atoms with Gasteiger partial charge in [0.05, 0.1) is 11.5 Å². The average Bonchev–Trinajstić information content (AvgIpc) is 2.76. The molecule has 7 nitrogen and oxygen atoms in total. The number of benzene rings is 2. The number of hydrogen-bond acceptors (Lipinski definition) is 5. The number of nitro groups is 1. The van der Waals surface area contributed by atoms with E-state index in [1.807, 2.05) is 13.0 Å². The van der Waals surface area contributed by atoms with Gasteiger partial charge in [-0.05, 0) is 48.7 Å². The molecule has 0 N–H and O–H groups in total. The van der Waals surface area contributed by atoms with Gasteiger partial charge < -0.3 is 14.5 Å². The van der Waals surface area contributed by atoms with Crippen LogP contribution in [-0.2, 0) is 4.79 Å². The van der Waals surface area contributed by atoms with E-state index in [4.69, 9.17) is 4.74 Å². The molecule has 1 aliphatic rings. The molecule has 2 aromatic carbocycles. The first-order valence-corrected chi connectivity index (χ1v) is 10.2. The van der Waals surface area contributed by atoms with Crippen LogP contribution in [0.2, 0.25) is 0 Å². The van der Waals surface area contributed by atoms with Gasteiger partial charge in [-0.25, -0.2) is 0 Å². The lowest BCUT2D eigenvalue weighted by atomic mass is 10.1. The Balaban J connectivity index is 1.61. The minimum atomic E-state index is -0.464. The largest absolute Gasteiger partial charge is 0.487 e. The maximum absolute atomic E-state index is 12.6. The van der Waals surface area contributed by atoms with Crippen LogP contribution in [0.5, 0.6) is 5.75 Å². The topological polar surface area (TPSA) is 75.9 Å². The minimum Gasteiger partial charge on any atom is -0.487 e. The summed E-state index contributed by atoms with van der Waals surface area (Å²) in [6.07, 6.45) is 3.87. The van der Waals surface area contributed by atoms with Crippen molar-refractivity contribution in [2.75, 3.05) is 37.7 Å². The van der Waals surface area contributed by atoms with Crippen LogP contribution in [0.1, 0.15) is 24.5 Å². The Kier molecular flexibility index (Phi) is 7.06. The van der Waals surface area contributed by atoms with Crippen LogP contribution < -0.4 is 9.64 Å². The molecule has 0 saturated carbocycles. The second kappa shape index (κ2) is 9.91. The summed E-state index contributed by atoms with van der Waals surface area (Å²) in [5.41, 5.74) is 2.89. The molecular formula is C23H27N3O4. The summed E-state index contributed by atoms with van der Waals surface area (Å²) in [5, 5.41) is 11.3. The Bertz CT molecular complexity index is 934. The predicted molar refractivity (Wildman–Crippen MR) is 118 cm³/mol. The van der Waals surface area contributed by atoms with Gasteiger partial charge in [-0.1, -0.05) is 25.1 Å². The molecule has 158 valence electrons. The van der Waals surface area contributed by atoms with Crippen LogP contribution in [-0.4, -0.2) is 48.5 Å². The molecule has 1 saturated heterocycles. The average molecular weight is 409 g/mol. The summed E-state index contributed by atoms with van der Waals surface area (Å²) in [4.78, 5) is 27.5. The first-order chi connectivity index (χ1) is 14.5. The fraction of sp³-hybridized carbons (Fsp3) is 0.348. The summed E-state index contributed by atoms with van der Waals surface area (Å²) in [5.74, 6) is 0.158. The molecule has 0 bridgehead atoms. The zero-order valence-corrected chi connectivity index (χ0v) is 17.4. The molecule has 0 atom stereocenters. The Hall–Kier alpha value is -3.35. The van der Waals surface area contributed by atoms with Crippen molar-refractivity contribution in [2.24, 2.45) is 0 Å². The Morgan fingerprint density at radius 1 is 1.17 bits per heavy atom. The first-order valence-electron chi connectivity index (χ1n) is 10.2. The molecule has 7 heteroatoms. The van der Waals surface area contributed by atoms with Crippen molar-refractivity contribution in [1.29, 1.82) is 0 Å². The Morgan fingerprint density at radius 2 is 1.93 bits per heavy atom. The van der Waals surface area contributed by atoms with Crippen LogP contribution in [0.15, 0.2) is 48.5 Å². The second-order valence-electron chi connectivity index (χ2n) is 7.32. The van der Waals surface area contributed by atoms with Crippen molar-refractivity contribution in [1.82, 2.24) is 4.90 Å². The van der Waals surface area contributed by atoms with E-state index in [9.17, 15) is 14.9 Å². The van der Waals surface area contributed by atoms with Crippen molar-refractivity contribution >= 4 is 23.4 Å². The molecule has 2 aromatic rings. The number of nitrogens with zero attached hydrogens (tertiary/aromatic N) is 3. The third-order valence-electron chi connectivity index (χ3n) is 5.02. The predicted octanol–water partition coefficient (Wildman–Crippen LogP) is 4.05. The highest BCUT2D eigenvalue weighted by Gasteiger charge is 2.20. The van der Waals surface area contributed by atoms with Gasteiger partial charge >= 0.3 is 5.69 Å². The van der Waals surface area contributed by atoms with E-state index in [-0.39, 0.29) is 17.3 Å². The number of hydrogen-bond donors (Lipinski definition) is 0.